The van der Waals surface area contributed by atoms with Gasteiger partial charge >= 0.3 is 0 Å². The first-order chi connectivity index (χ1) is 9.87. The Labute approximate surface area is 133 Å². The Kier molecular flexibility index (Phi) is 4.02. The summed E-state index contributed by atoms with van der Waals surface area (Å²) in [5.74, 6) is 3.08. The zero-order chi connectivity index (χ0) is 15.2. The van der Waals surface area contributed by atoms with Gasteiger partial charge in [-0.25, -0.2) is 0 Å². The highest BCUT2D eigenvalue weighted by Crippen LogP contribution is 2.61. The molecule has 4 aliphatic carbocycles. The summed E-state index contributed by atoms with van der Waals surface area (Å²) >= 11 is 5.09. The standard InChI is InChI=1S/C17H28N2OS/c1-10(2)15(16(18)21)19-14(20)9-17-6-11-3-12(7-17)5-13(4-11)8-17/h10-13,15H,3-9H2,1-2H3,(H2,18,21)(H,19,20). The molecular weight excluding hydrogens is 280 g/mol. The van der Waals surface area contributed by atoms with Crippen LogP contribution in [0.5, 0.6) is 0 Å². The number of thiocarbonyl (C=S) groups is 1. The maximum Gasteiger partial charge on any atom is 0.221 e. The molecule has 3 N–H and O–H groups in total. The second-order valence-corrected chi connectivity index (χ2v) is 8.76. The summed E-state index contributed by atoms with van der Waals surface area (Å²) in [6, 6.07) is -0.165. The molecule has 4 saturated carbocycles. The normalized spacial score (nSPS) is 38.5. The van der Waals surface area contributed by atoms with E-state index in [4.69, 9.17) is 18.0 Å². The third-order valence-electron chi connectivity index (χ3n) is 5.99. The number of carbonyl (C=O) groups is 1. The molecule has 0 spiro atoms. The lowest BCUT2D eigenvalue weighted by molar-refractivity contribution is -0.129. The van der Waals surface area contributed by atoms with Gasteiger partial charge < -0.3 is 11.1 Å². The van der Waals surface area contributed by atoms with Crippen LogP contribution in [0.3, 0.4) is 0 Å². The van der Waals surface area contributed by atoms with Crippen LogP contribution in [-0.4, -0.2) is 16.9 Å². The SMILES string of the molecule is CC(C)C(NC(=O)CC12CC3CC(CC(C3)C1)C2)C(N)=S. The van der Waals surface area contributed by atoms with Crippen LogP contribution in [0.2, 0.25) is 0 Å². The van der Waals surface area contributed by atoms with Gasteiger partial charge in [-0.2, -0.15) is 0 Å². The summed E-state index contributed by atoms with van der Waals surface area (Å²) in [5.41, 5.74) is 6.05. The molecule has 4 aliphatic rings. The van der Waals surface area contributed by atoms with E-state index in [0.29, 0.717) is 11.4 Å². The molecule has 1 amide bonds. The minimum atomic E-state index is -0.165. The van der Waals surface area contributed by atoms with Crippen LogP contribution in [0.4, 0.5) is 0 Å². The van der Waals surface area contributed by atoms with Crippen LogP contribution in [-0.2, 0) is 4.79 Å². The Morgan fingerprint density at radius 1 is 1.19 bits per heavy atom. The molecule has 4 fully saturated rings. The molecule has 3 nitrogen and oxygen atoms in total. The highest BCUT2D eigenvalue weighted by molar-refractivity contribution is 7.80. The van der Waals surface area contributed by atoms with Crippen LogP contribution in [0.1, 0.15) is 58.8 Å². The largest absolute Gasteiger partial charge is 0.392 e. The average Bonchev–Trinajstić information content (AvgIpc) is 2.32. The van der Waals surface area contributed by atoms with E-state index in [9.17, 15) is 4.79 Å². The fourth-order valence-electron chi connectivity index (χ4n) is 5.64. The average molecular weight is 308 g/mol. The van der Waals surface area contributed by atoms with Gasteiger partial charge in [-0.3, -0.25) is 4.79 Å². The minimum absolute atomic E-state index is 0.156. The lowest BCUT2D eigenvalue weighted by Gasteiger charge is -2.56. The molecule has 21 heavy (non-hydrogen) atoms. The molecule has 0 aromatic carbocycles. The van der Waals surface area contributed by atoms with Crippen LogP contribution in [0, 0.1) is 29.1 Å². The van der Waals surface area contributed by atoms with E-state index in [0.717, 1.165) is 17.8 Å². The van der Waals surface area contributed by atoms with E-state index in [1.807, 2.05) is 0 Å². The number of amides is 1. The van der Waals surface area contributed by atoms with E-state index in [-0.39, 0.29) is 23.3 Å². The van der Waals surface area contributed by atoms with Crippen molar-refractivity contribution in [2.24, 2.45) is 34.8 Å². The van der Waals surface area contributed by atoms with Crippen molar-refractivity contribution in [3.8, 4) is 0 Å². The van der Waals surface area contributed by atoms with Gasteiger partial charge in [0.15, 0.2) is 0 Å². The summed E-state index contributed by atoms with van der Waals surface area (Å²) in [4.78, 5) is 12.9. The second kappa shape index (κ2) is 5.53. The van der Waals surface area contributed by atoms with Crippen molar-refractivity contribution in [2.45, 2.75) is 64.8 Å². The van der Waals surface area contributed by atoms with E-state index in [1.54, 1.807) is 0 Å². The summed E-state index contributed by atoms with van der Waals surface area (Å²) in [6.45, 7) is 4.10. The van der Waals surface area contributed by atoms with Crippen LogP contribution >= 0.6 is 12.2 Å². The number of nitrogens with two attached hydrogens (primary N) is 1. The molecule has 0 aliphatic heterocycles. The molecule has 0 saturated heterocycles. The zero-order valence-electron chi connectivity index (χ0n) is 13.2. The number of nitrogens with one attached hydrogen (secondary N) is 1. The van der Waals surface area contributed by atoms with Gasteiger partial charge in [0.1, 0.15) is 0 Å². The van der Waals surface area contributed by atoms with Crippen LogP contribution in [0.15, 0.2) is 0 Å². The van der Waals surface area contributed by atoms with Crippen molar-refractivity contribution >= 4 is 23.1 Å². The Bertz CT molecular complexity index is 411. The lowest BCUT2D eigenvalue weighted by atomic mass is 9.49. The summed E-state index contributed by atoms with van der Waals surface area (Å²) in [5, 5.41) is 3.09. The first-order valence-corrected chi connectivity index (χ1v) is 8.86. The van der Waals surface area contributed by atoms with Gasteiger partial charge in [-0.15, -0.1) is 0 Å². The van der Waals surface area contributed by atoms with Crippen molar-refractivity contribution in [3.05, 3.63) is 0 Å². The van der Waals surface area contributed by atoms with Gasteiger partial charge in [0.2, 0.25) is 5.91 Å². The first kappa shape index (κ1) is 15.3. The predicted octanol–water partition coefficient (Wildman–Crippen LogP) is 3.02. The van der Waals surface area contributed by atoms with Gasteiger partial charge in [0.25, 0.3) is 0 Å². The molecule has 1 atom stereocenters. The molecule has 118 valence electrons. The zero-order valence-corrected chi connectivity index (χ0v) is 14.0. The molecule has 0 aromatic heterocycles. The number of hydrogen-bond acceptors (Lipinski definition) is 2. The molecule has 4 heteroatoms. The Hall–Kier alpha value is -0.640. The molecule has 4 rings (SSSR count). The molecule has 0 radical (unpaired) electrons. The quantitative estimate of drug-likeness (QED) is 0.768. The second-order valence-electron chi connectivity index (χ2n) is 8.29. The number of carbonyl (C=O) groups excluding carboxylic acids is 1. The van der Waals surface area contributed by atoms with Crippen molar-refractivity contribution in [2.75, 3.05) is 0 Å². The number of rotatable bonds is 5. The topological polar surface area (TPSA) is 55.1 Å². The van der Waals surface area contributed by atoms with Crippen molar-refractivity contribution < 1.29 is 4.79 Å². The van der Waals surface area contributed by atoms with E-state index >= 15 is 0 Å². The van der Waals surface area contributed by atoms with Gasteiger partial charge in [-0.05, 0) is 67.6 Å². The third-order valence-corrected chi connectivity index (χ3v) is 6.24. The van der Waals surface area contributed by atoms with Crippen LogP contribution < -0.4 is 11.1 Å². The van der Waals surface area contributed by atoms with Crippen molar-refractivity contribution in [1.82, 2.24) is 5.32 Å². The van der Waals surface area contributed by atoms with Gasteiger partial charge in [0.05, 0.1) is 11.0 Å². The molecule has 1 unspecified atom stereocenters. The Morgan fingerprint density at radius 3 is 2.05 bits per heavy atom. The van der Waals surface area contributed by atoms with Crippen LogP contribution in [0.25, 0.3) is 0 Å². The van der Waals surface area contributed by atoms with E-state index in [1.165, 1.54) is 38.5 Å². The smallest absolute Gasteiger partial charge is 0.221 e. The summed E-state index contributed by atoms with van der Waals surface area (Å²) in [7, 11) is 0. The van der Waals surface area contributed by atoms with Crippen molar-refractivity contribution in [3.63, 3.8) is 0 Å². The Morgan fingerprint density at radius 2 is 1.67 bits per heavy atom. The minimum Gasteiger partial charge on any atom is -0.392 e. The fraction of sp³-hybridized carbons (Fsp3) is 0.882. The van der Waals surface area contributed by atoms with Crippen molar-refractivity contribution in [1.29, 1.82) is 0 Å². The highest BCUT2D eigenvalue weighted by atomic mass is 32.1. The maximum absolute atomic E-state index is 12.5. The fourth-order valence-corrected chi connectivity index (χ4v) is 5.97. The summed E-state index contributed by atoms with van der Waals surface area (Å²) < 4.78 is 0. The monoisotopic (exact) mass is 308 g/mol. The Balaban J connectivity index is 1.63. The van der Waals surface area contributed by atoms with E-state index < -0.39 is 0 Å². The maximum atomic E-state index is 12.5. The first-order valence-electron chi connectivity index (χ1n) is 8.45. The third kappa shape index (κ3) is 3.10. The molecular formula is C17H28N2OS. The molecule has 0 aromatic rings. The van der Waals surface area contributed by atoms with Gasteiger partial charge in [-0.1, -0.05) is 26.1 Å². The summed E-state index contributed by atoms with van der Waals surface area (Å²) in [6.07, 6.45) is 8.75. The molecule has 0 heterocycles. The number of hydrogen-bond donors (Lipinski definition) is 2. The molecule has 4 bridgehead atoms. The lowest BCUT2D eigenvalue weighted by Crippen LogP contribution is -2.51. The van der Waals surface area contributed by atoms with Gasteiger partial charge in [0, 0.05) is 6.42 Å². The highest BCUT2D eigenvalue weighted by Gasteiger charge is 2.51. The predicted molar refractivity (Wildman–Crippen MR) is 88.8 cm³/mol. The van der Waals surface area contributed by atoms with E-state index in [2.05, 4.69) is 19.2 Å².